The zero-order chi connectivity index (χ0) is 16.7. The van der Waals surface area contributed by atoms with Gasteiger partial charge in [-0.25, -0.2) is 4.40 Å². The van der Waals surface area contributed by atoms with Crippen molar-refractivity contribution in [2.75, 3.05) is 0 Å². The van der Waals surface area contributed by atoms with Crippen LogP contribution in [0.5, 0.6) is 0 Å². The van der Waals surface area contributed by atoms with Gasteiger partial charge in [0, 0.05) is 10.6 Å². The van der Waals surface area contributed by atoms with Crippen LogP contribution >= 0.6 is 22.9 Å². The van der Waals surface area contributed by atoms with Gasteiger partial charge in [-0.15, -0.1) is 10.2 Å². The largest absolute Gasteiger partial charge is 0.276 e. The van der Waals surface area contributed by atoms with Crippen molar-refractivity contribution < 1.29 is 0 Å². The zero-order valence-electron chi connectivity index (χ0n) is 12.7. The van der Waals surface area contributed by atoms with Gasteiger partial charge in [0.2, 0.25) is 4.96 Å². The second kappa shape index (κ2) is 5.85. The molecule has 0 amide bonds. The lowest BCUT2D eigenvalue weighted by atomic mass is 10.1. The first-order chi connectivity index (χ1) is 11.6. The van der Waals surface area contributed by atoms with Gasteiger partial charge < -0.3 is 0 Å². The van der Waals surface area contributed by atoms with E-state index in [0.29, 0.717) is 20.3 Å². The fourth-order valence-electron chi connectivity index (χ4n) is 2.46. The Kier molecular flexibility index (Phi) is 3.67. The van der Waals surface area contributed by atoms with E-state index in [1.54, 1.807) is 16.5 Å². The topological polar surface area (TPSA) is 47.3 Å². The normalized spacial score (nSPS) is 12.2. The number of fused-ring (bicyclic) bond motifs is 1. The van der Waals surface area contributed by atoms with Gasteiger partial charge in [0.25, 0.3) is 5.56 Å². The summed E-state index contributed by atoms with van der Waals surface area (Å²) in [6.07, 6.45) is 1.88. The van der Waals surface area contributed by atoms with Gasteiger partial charge in [-0.1, -0.05) is 52.8 Å². The average molecular weight is 354 g/mol. The van der Waals surface area contributed by atoms with Gasteiger partial charge in [-0.05, 0) is 42.8 Å². The molecule has 2 aromatic heterocycles. The van der Waals surface area contributed by atoms with E-state index in [0.717, 1.165) is 11.1 Å². The molecule has 4 rings (SSSR count). The highest BCUT2D eigenvalue weighted by Gasteiger charge is 2.13. The molecule has 0 atom stereocenters. The molecule has 0 saturated carbocycles. The molecule has 0 bridgehead atoms. The number of aryl methyl sites for hydroxylation is 1. The first-order valence-corrected chi connectivity index (χ1v) is 8.53. The first-order valence-electron chi connectivity index (χ1n) is 7.34. The van der Waals surface area contributed by atoms with Crippen molar-refractivity contribution in [3.05, 3.63) is 79.6 Å². The summed E-state index contributed by atoms with van der Waals surface area (Å²) in [5, 5.41) is 8.91. The Hall–Kier alpha value is -2.50. The first kappa shape index (κ1) is 15.1. The highest BCUT2D eigenvalue weighted by atomic mass is 35.5. The minimum Gasteiger partial charge on any atom is -0.267 e. The number of aromatic nitrogens is 3. The monoisotopic (exact) mass is 353 g/mol. The van der Waals surface area contributed by atoms with Crippen molar-refractivity contribution in [3.63, 3.8) is 0 Å². The summed E-state index contributed by atoms with van der Waals surface area (Å²) in [6, 6.07) is 15.2. The van der Waals surface area contributed by atoms with Crippen LogP contribution in [0.1, 0.15) is 11.1 Å². The second-order valence-electron chi connectivity index (χ2n) is 5.47. The smallest absolute Gasteiger partial charge is 0.267 e. The fourth-order valence-corrected chi connectivity index (χ4v) is 3.50. The predicted molar refractivity (Wildman–Crippen MR) is 97.5 cm³/mol. The quantitative estimate of drug-likeness (QED) is 0.555. The number of hydrogen-bond acceptors (Lipinski definition) is 4. The van der Waals surface area contributed by atoms with Crippen LogP contribution in [0.4, 0.5) is 0 Å². The average Bonchev–Trinajstić information content (AvgIpc) is 3.12. The summed E-state index contributed by atoms with van der Waals surface area (Å²) >= 11 is 7.26. The Morgan fingerprint density at radius 2 is 1.75 bits per heavy atom. The number of rotatable bonds is 2. The lowest BCUT2D eigenvalue weighted by Gasteiger charge is -1.96. The lowest BCUT2D eigenvalue weighted by Crippen LogP contribution is -2.23. The fraction of sp³-hybridized carbons (Fsp3) is 0.0556. The molecule has 0 saturated heterocycles. The van der Waals surface area contributed by atoms with Crippen molar-refractivity contribution in [3.8, 4) is 11.4 Å². The molecule has 0 radical (unpaired) electrons. The molecular formula is C18H12ClN3OS. The molecule has 118 valence electrons. The van der Waals surface area contributed by atoms with Crippen molar-refractivity contribution in [2.45, 2.75) is 6.92 Å². The number of nitrogens with zero attached hydrogens (tertiary/aromatic N) is 3. The van der Waals surface area contributed by atoms with Gasteiger partial charge in [-0.2, -0.15) is 0 Å². The molecule has 0 aliphatic carbocycles. The zero-order valence-corrected chi connectivity index (χ0v) is 14.3. The van der Waals surface area contributed by atoms with E-state index >= 15 is 0 Å². The molecule has 2 heterocycles. The Balaban J connectivity index is 1.89. The molecule has 4 aromatic rings. The van der Waals surface area contributed by atoms with Crippen LogP contribution in [-0.4, -0.2) is 14.6 Å². The number of thiazole rings is 1. The predicted octanol–water partition coefficient (Wildman–Crippen LogP) is 3.33. The van der Waals surface area contributed by atoms with Crippen LogP contribution in [0.25, 0.3) is 22.4 Å². The second-order valence-corrected chi connectivity index (χ2v) is 6.92. The number of halogens is 1. The molecule has 0 aliphatic rings. The van der Waals surface area contributed by atoms with Crippen molar-refractivity contribution in [1.82, 2.24) is 14.6 Å². The van der Waals surface area contributed by atoms with E-state index in [-0.39, 0.29) is 5.56 Å². The van der Waals surface area contributed by atoms with Crippen molar-refractivity contribution >= 4 is 34.0 Å². The maximum atomic E-state index is 12.8. The van der Waals surface area contributed by atoms with Crippen LogP contribution in [0.3, 0.4) is 0 Å². The molecule has 2 aromatic carbocycles. The van der Waals surface area contributed by atoms with Crippen LogP contribution < -0.4 is 10.1 Å². The minimum absolute atomic E-state index is 0.106. The Morgan fingerprint density at radius 3 is 2.46 bits per heavy atom. The van der Waals surface area contributed by atoms with Crippen LogP contribution in [-0.2, 0) is 0 Å². The molecule has 0 N–H and O–H groups in total. The van der Waals surface area contributed by atoms with E-state index in [2.05, 4.69) is 10.2 Å². The molecule has 4 nitrogen and oxygen atoms in total. The van der Waals surface area contributed by atoms with Gasteiger partial charge in [0.1, 0.15) is 0 Å². The third-order valence-electron chi connectivity index (χ3n) is 3.73. The summed E-state index contributed by atoms with van der Waals surface area (Å²) in [7, 11) is 0. The third kappa shape index (κ3) is 2.62. The highest BCUT2D eigenvalue weighted by Crippen LogP contribution is 2.20. The summed E-state index contributed by atoms with van der Waals surface area (Å²) in [5.74, 6) is 0.534. The van der Waals surface area contributed by atoms with Crippen LogP contribution in [0.2, 0.25) is 5.02 Å². The molecule has 24 heavy (non-hydrogen) atoms. The molecule has 6 heteroatoms. The molecule has 0 aliphatic heterocycles. The Bertz CT molecular complexity index is 1130. The van der Waals surface area contributed by atoms with Gasteiger partial charge in [0.05, 0.1) is 4.53 Å². The summed E-state index contributed by atoms with van der Waals surface area (Å²) in [5.41, 5.74) is 2.88. The number of benzene rings is 2. The standard InChI is InChI=1S/C18H12ClN3OS/c1-11-2-4-12(5-3-11)10-15-17(23)22-16(20-21-18(22)24-15)13-6-8-14(19)9-7-13/h2-10H,1H3. The van der Waals surface area contributed by atoms with E-state index in [9.17, 15) is 4.79 Å². The summed E-state index contributed by atoms with van der Waals surface area (Å²) < 4.78 is 2.19. The van der Waals surface area contributed by atoms with Crippen molar-refractivity contribution in [2.24, 2.45) is 0 Å². The van der Waals surface area contributed by atoms with Crippen LogP contribution in [0, 0.1) is 6.92 Å². The minimum atomic E-state index is -0.106. The molecular weight excluding hydrogens is 342 g/mol. The number of hydrogen-bond donors (Lipinski definition) is 0. The SMILES string of the molecule is Cc1ccc(C=c2sc3nnc(-c4ccc(Cl)cc4)n3c2=O)cc1. The Morgan fingerprint density at radius 1 is 1.04 bits per heavy atom. The molecule has 0 spiro atoms. The molecule has 0 fully saturated rings. The highest BCUT2D eigenvalue weighted by molar-refractivity contribution is 7.15. The summed E-state index contributed by atoms with van der Waals surface area (Å²) in [6.45, 7) is 2.03. The van der Waals surface area contributed by atoms with Gasteiger partial charge >= 0.3 is 0 Å². The lowest BCUT2D eigenvalue weighted by molar-refractivity contribution is 1.09. The maximum Gasteiger partial charge on any atom is 0.276 e. The Labute approximate surface area is 146 Å². The van der Waals surface area contributed by atoms with E-state index in [1.807, 2.05) is 49.4 Å². The van der Waals surface area contributed by atoms with Crippen LogP contribution in [0.15, 0.2) is 53.3 Å². The van der Waals surface area contributed by atoms with Gasteiger partial charge in [0.15, 0.2) is 5.82 Å². The van der Waals surface area contributed by atoms with E-state index in [4.69, 9.17) is 11.6 Å². The molecule has 0 unspecified atom stereocenters. The third-order valence-corrected chi connectivity index (χ3v) is 4.94. The maximum absolute atomic E-state index is 12.8. The van der Waals surface area contributed by atoms with Gasteiger partial charge in [-0.3, -0.25) is 4.79 Å². The van der Waals surface area contributed by atoms with Crippen molar-refractivity contribution in [1.29, 1.82) is 0 Å². The summed E-state index contributed by atoms with van der Waals surface area (Å²) in [4.78, 5) is 13.3. The van der Waals surface area contributed by atoms with E-state index in [1.165, 1.54) is 16.9 Å². The van der Waals surface area contributed by atoms with E-state index < -0.39 is 0 Å².